The van der Waals surface area contributed by atoms with Gasteiger partial charge < -0.3 is 10.6 Å². The summed E-state index contributed by atoms with van der Waals surface area (Å²) in [7, 11) is 0. The number of nitrogens with two attached hydrogens (primary N) is 1. The molecule has 3 heteroatoms. The van der Waals surface area contributed by atoms with E-state index in [9.17, 15) is 4.39 Å². The Morgan fingerprint density at radius 2 is 1.71 bits per heavy atom. The van der Waals surface area contributed by atoms with E-state index in [0.717, 1.165) is 32.4 Å². The highest BCUT2D eigenvalue weighted by Gasteiger charge is 2.32. The topological polar surface area (TPSA) is 29.3 Å². The van der Waals surface area contributed by atoms with E-state index in [1.54, 1.807) is 6.07 Å². The van der Waals surface area contributed by atoms with Crippen LogP contribution in [0.15, 0.2) is 24.3 Å². The molecule has 0 heterocycles. The van der Waals surface area contributed by atoms with Crippen LogP contribution in [0.2, 0.25) is 0 Å². The second kappa shape index (κ2) is 8.50. The molecule has 120 valence electrons. The van der Waals surface area contributed by atoms with Crippen LogP contribution in [-0.2, 0) is 5.54 Å². The molecule has 0 aliphatic carbocycles. The Hall–Kier alpha value is -0.930. The molecule has 0 saturated carbocycles. The van der Waals surface area contributed by atoms with Crippen LogP contribution in [0.4, 0.5) is 4.39 Å². The fraction of sp³-hybridized carbons (Fsp3) is 0.667. The van der Waals surface area contributed by atoms with Gasteiger partial charge in [-0.3, -0.25) is 0 Å². The highest BCUT2D eigenvalue weighted by Crippen LogP contribution is 2.29. The molecule has 0 aromatic heterocycles. The summed E-state index contributed by atoms with van der Waals surface area (Å²) in [6.45, 7) is 11.4. The van der Waals surface area contributed by atoms with Crippen LogP contribution in [0.1, 0.15) is 52.5 Å². The molecule has 2 N–H and O–H groups in total. The lowest BCUT2D eigenvalue weighted by Crippen LogP contribution is -2.49. The summed E-state index contributed by atoms with van der Waals surface area (Å²) in [5.74, 6) is 0.244. The lowest BCUT2D eigenvalue weighted by atomic mass is 9.82. The zero-order valence-corrected chi connectivity index (χ0v) is 14.0. The molecule has 1 aromatic rings. The third-order valence-electron chi connectivity index (χ3n) is 3.77. The van der Waals surface area contributed by atoms with E-state index >= 15 is 0 Å². The van der Waals surface area contributed by atoms with Crippen LogP contribution in [0.3, 0.4) is 0 Å². The van der Waals surface area contributed by atoms with Crippen LogP contribution in [0.5, 0.6) is 0 Å². The van der Waals surface area contributed by atoms with Gasteiger partial charge in [-0.25, -0.2) is 4.39 Å². The van der Waals surface area contributed by atoms with Crippen molar-refractivity contribution in [3.63, 3.8) is 0 Å². The largest absolute Gasteiger partial charge is 0.320 e. The minimum Gasteiger partial charge on any atom is -0.320 e. The molecule has 2 nitrogen and oxygen atoms in total. The van der Waals surface area contributed by atoms with Crippen molar-refractivity contribution in [1.29, 1.82) is 0 Å². The molecule has 0 radical (unpaired) electrons. The monoisotopic (exact) mass is 294 g/mol. The Balaban J connectivity index is 3.05. The first kappa shape index (κ1) is 18.1. The van der Waals surface area contributed by atoms with E-state index in [4.69, 9.17) is 5.73 Å². The van der Waals surface area contributed by atoms with Gasteiger partial charge in [-0.1, -0.05) is 45.9 Å². The molecule has 0 fully saturated rings. The molecule has 0 saturated heterocycles. The van der Waals surface area contributed by atoms with Crippen LogP contribution < -0.4 is 5.73 Å². The zero-order chi connectivity index (χ0) is 15.9. The first-order valence-electron chi connectivity index (χ1n) is 8.19. The van der Waals surface area contributed by atoms with Crippen molar-refractivity contribution >= 4 is 0 Å². The van der Waals surface area contributed by atoms with Crippen LogP contribution in [-0.4, -0.2) is 24.5 Å². The maximum absolute atomic E-state index is 14.3. The van der Waals surface area contributed by atoms with Crippen molar-refractivity contribution in [2.24, 2.45) is 11.7 Å². The second-order valence-corrected chi connectivity index (χ2v) is 6.51. The SMILES string of the molecule is CCCN(CCC)CC(N)(CC(C)C)c1ccccc1F. The highest BCUT2D eigenvalue weighted by molar-refractivity contribution is 5.26. The van der Waals surface area contributed by atoms with Crippen molar-refractivity contribution in [1.82, 2.24) is 4.90 Å². The zero-order valence-electron chi connectivity index (χ0n) is 14.0. The normalized spacial score (nSPS) is 14.7. The third kappa shape index (κ3) is 5.40. The average Bonchev–Trinajstić information content (AvgIpc) is 2.38. The van der Waals surface area contributed by atoms with Gasteiger partial charge in [0.25, 0.3) is 0 Å². The first-order chi connectivity index (χ1) is 9.92. The van der Waals surface area contributed by atoms with Crippen LogP contribution >= 0.6 is 0 Å². The van der Waals surface area contributed by atoms with Crippen molar-refractivity contribution < 1.29 is 4.39 Å². The standard InChI is InChI=1S/C18H31FN2/c1-5-11-21(12-6-2)14-18(20,13-15(3)4)16-9-7-8-10-17(16)19/h7-10,15H,5-6,11-14,20H2,1-4H3. The number of hydrogen-bond donors (Lipinski definition) is 1. The fourth-order valence-electron chi connectivity index (χ4n) is 3.15. The van der Waals surface area contributed by atoms with Gasteiger partial charge in [0.05, 0.1) is 5.54 Å². The molecule has 0 amide bonds. The lowest BCUT2D eigenvalue weighted by molar-refractivity contribution is 0.185. The van der Waals surface area contributed by atoms with Crippen molar-refractivity contribution in [3.05, 3.63) is 35.6 Å². The Bertz CT molecular complexity index is 413. The Labute approximate surface area is 129 Å². The lowest BCUT2D eigenvalue weighted by Gasteiger charge is -2.37. The van der Waals surface area contributed by atoms with E-state index in [2.05, 4.69) is 32.6 Å². The molecular formula is C18H31FN2. The van der Waals surface area contributed by atoms with Crippen LogP contribution in [0.25, 0.3) is 0 Å². The Kier molecular flexibility index (Phi) is 7.33. The minimum atomic E-state index is -0.621. The number of hydrogen-bond acceptors (Lipinski definition) is 2. The van der Waals surface area contributed by atoms with Crippen molar-refractivity contribution in [2.45, 2.75) is 52.5 Å². The predicted molar refractivity (Wildman–Crippen MR) is 88.7 cm³/mol. The summed E-state index contributed by atoms with van der Waals surface area (Å²) in [5, 5.41) is 0. The van der Waals surface area contributed by atoms with Crippen LogP contribution in [0, 0.1) is 11.7 Å². The maximum atomic E-state index is 14.3. The third-order valence-corrected chi connectivity index (χ3v) is 3.77. The molecule has 1 atom stereocenters. The van der Waals surface area contributed by atoms with Gasteiger partial charge in [0.2, 0.25) is 0 Å². The number of rotatable bonds is 9. The summed E-state index contributed by atoms with van der Waals surface area (Å²) in [4.78, 5) is 2.37. The first-order valence-corrected chi connectivity index (χ1v) is 8.19. The van der Waals surface area contributed by atoms with Gasteiger partial charge in [0.1, 0.15) is 5.82 Å². The number of halogens is 1. The molecular weight excluding hydrogens is 263 g/mol. The Morgan fingerprint density at radius 1 is 1.14 bits per heavy atom. The second-order valence-electron chi connectivity index (χ2n) is 6.51. The summed E-state index contributed by atoms with van der Waals surface area (Å²) >= 11 is 0. The number of nitrogens with zero attached hydrogens (tertiary/aromatic N) is 1. The molecule has 0 bridgehead atoms. The maximum Gasteiger partial charge on any atom is 0.128 e. The summed E-state index contributed by atoms with van der Waals surface area (Å²) in [5.41, 5.74) is 6.73. The fourth-order valence-corrected chi connectivity index (χ4v) is 3.15. The van der Waals surface area contributed by atoms with Crippen molar-refractivity contribution in [3.8, 4) is 0 Å². The van der Waals surface area contributed by atoms with E-state index in [1.807, 2.05) is 12.1 Å². The highest BCUT2D eigenvalue weighted by atomic mass is 19.1. The van der Waals surface area contributed by atoms with Crippen molar-refractivity contribution in [2.75, 3.05) is 19.6 Å². The van der Waals surface area contributed by atoms with E-state index in [0.29, 0.717) is 18.0 Å². The smallest absolute Gasteiger partial charge is 0.128 e. The van der Waals surface area contributed by atoms with Gasteiger partial charge in [0, 0.05) is 12.1 Å². The van der Waals surface area contributed by atoms with Gasteiger partial charge >= 0.3 is 0 Å². The predicted octanol–water partition coefficient (Wildman–Crippen LogP) is 4.15. The molecule has 1 unspecified atom stereocenters. The molecule has 0 aliphatic heterocycles. The van der Waals surface area contributed by atoms with Gasteiger partial charge in [0.15, 0.2) is 0 Å². The molecule has 21 heavy (non-hydrogen) atoms. The van der Waals surface area contributed by atoms with Gasteiger partial charge in [-0.05, 0) is 44.3 Å². The van der Waals surface area contributed by atoms with Gasteiger partial charge in [-0.15, -0.1) is 0 Å². The van der Waals surface area contributed by atoms with E-state index < -0.39 is 5.54 Å². The molecule has 0 spiro atoms. The summed E-state index contributed by atoms with van der Waals surface area (Å²) in [6, 6.07) is 6.96. The average molecular weight is 294 g/mol. The quantitative estimate of drug-likeness (QED) is 0.741. The van der Waals surface area contributed by atoms with E-state index in [-0.39, 0.29) is 5.82 Å². The summed E-state index contributed by atoms with van der Waals surface area (Å²) < 4.78 is 14.3. The van der Waals surface area contributed by atoms with E-state index in [1.165, 1.54) is 6.07 Å². The molecule has 1 aromatic carbocycles. The molecule has 0 aliphatic rings. The summed E-state index contributed by atoms with van der Waals surface area (Å²) in [6.07, 6.45) is 2.97. The number of benzene rings is 1. The Morgan fingerprint density at radius 3 is 2.19 bits per heavy atom. The molecule has 1 rings (SSSR count). The van der Waals surface area contributed by atoms with Gasteiger partial charge in [-0.2, -0.15) is 0 Å². The minimum absolute atomic E-state index is 0.186.